The third kappa shape index (κ3) is 5.24. The molecule has 1 aliphatic carbocycles. The second-order valence-corrected chi connectivity index (χ2v) is 10.8. The molecule has 24 heavy (non-hydrogen) atoms. The Hall–Kier alpha value is -0.0230. The van der Waals surface area contributed by atoms with Crippen LogP contribution < -0.4 is 30.0 Å². The largest absolute Gasteiger partial charge is 4.00 e. The summed E-state index contributed by atoms with van der Waals surface area (Å²) in [5, 5.41) is 4.77. The smallest absolute Gasteiger partial charge is 1.00 e. The van der Waals surface area contributed by atoms with E-state index in [-0.39, 0.29) is 50.7 Å². The number of rotatable bonds is 3. The van der Waals surface area contributed by atoms with Crippen molar-refractivity contribution >= 4 is 24.0 Å². The molecule has 0 atom stereocenters. The molecule has 1 saturated heterocycles. The fourth-order valence-electron chi connectivity index (χ4n) is 3.69. The number of benzene rings is 1. The molecule has 4 heteroatoms. The van der Waals surface area contributed by atoms with E-state index < -0.39 is 8.07 Å². The second kappa shape index (κ2) is 11.6. The first kappa shape index (κ1) is 24.0. The fourth-order valence-corrected chi connectivity index (χ4v) is 8.40. The molecule has 2 aromatic carbocycles. The molecular formula is C20H24Cl2HfSi. The number of fused-ring (bicyclic) bond motifs is 1. The van der Waals surface area contributed by atoms with Crippen LogP contribution in [0.4, 0.5) is 0 Å². The maximum Gasteiger partial charge on any atom is 4.00 e. The Morgan fingerprint density at radius 1 is 1.12 bits per heavy atom. The molecule has 2 aromatic rings. The van der Waals surface area contributed by atoms with E-state index in [1.165, 1.54) is 36.4 Å². The molecule has 0 radical (unpaired) electrons. The minimum atomic E-state index is -1.03. The first-order valence-corrected chi connectivity index (χ1v) is 10.8. The minimum absolute atomic E-state index is 0. The summed E-state index contributed by atoms with van der Waals surface area (Å²) >= 11 is 0. The van der Waals surface area contributed by atoms with Gasteiger partial charge in [0, 0.05) is 8.07 Å². The third-order valence-corrected chi connectivity index (χ3v) is 10.5. The average Bonchev–Trinajstić information content (AvgIpc) is 3.15. The van der Waals surface area contributed by atoms with Crippen LogP contribution in [-0.4, -0.2) is 8.07 Å². The molecule has 0 saturated carbocycles. The van der Waals surface area contributed by atoms with Crippen molar-refractivity contribution in [2.45, 2.75) is 44.3 Å². The van der Waals surface area contributed by atoms with Gasteiger partial charge >= 0.3 is 25.8 Å². The van der Waals surface area contributed by atoms with E-state index in [1.807, 2.05) is 12.2 Å². The van der Waals surface area contributed by atoms with Crippen molar-refractivity contribution in [3.8, 4) is 0 Å². The molecule has 0 bridgehead atoms. The predicted octanol–water partition coefficient (Wildman–Crippen LogP) is -0.661. The zero-order valence-corrected chi connectivity index (χ0v) is 20.3. The van der Waals surface area contributed by atoms with Gasteiger partial charge in [0.05, 0.1) is 0 Å². The van der Waals surface area contributed by atoms with E-state index in [0.717, 1.165) is 6.42 Å². The van der Waals surface area contributed by atoms with Gasteiger partial charge in [0.1, 0.15) is 0 Å². The molecule has 0 N–H and O–H groups in total. The molecule has 1 heterocycles. The first-order valence-electron chi connectivity index (χ1n) is 8.22. The van der Waals surface area contributed by atoms with Crippen molar-refractivity contribution in [1.82, 2.24) is 0 Å². The Morgan fingerprint density at radius 2 is 1.88 bits per heavy atom. The summed E-state index contributed by atoms with van der Waals surface area (Å²) in [6.07, 6.45) is 12.8. The van der Waals surface area contributed by atoms with Crippen molar-refractivity contribution in [2.75, 3.05) is 0 Å². The van der Waals surface area contributed by atoms with Crippen LogP contribution in [0.15, 0.2) is 54.6 Å². The summed E-state index contributed by atoms with van der Waals surface area (Å²) in [7, 11) is -1.03. The van der Waals surface area contributed by atoms with Gasteiger partial charge in [-0.05, 0) is 0 Å². The minimum Gasteiger partial charge on any atom is -1.00 e. The van der Waals surface area contributed by atoms with Crippen molar-refractivity contribution in [3.63, 3.8) is 0 Å². The molecule has 1 fully saturated rings. The summed E-state index contributed by atoms with van der Waals surface area (Å²) in [4.78, 5) is 0. The monoisotopic (exact) mass is 542 g/mol. The summed E-state index contributed by atoms with van der Waals surface area (Å²) in [5.74, 6) is 0. The molecule has 0 spiro atoms. The quantitative estimate of drug-likeness (QED) is 0.358. The van der Waals surface area contributed by atoms with Gasteiger partial charge in [-0.1, -0.05) is 44.0 Å². The molecule has 2 aliphatic rings. The molecule has 0 aromatic heterocycles. The predicted molar refractivity (Wildman–Crippen MR) is 95.8 cm³/mol. The van der Waals surface area contributed by atoms with Gasteiger partial charge in [-0.2, -0.15) is 18.2 Å². The topological polar surface area (TPSA) is 0 Å². The van der Waals surface area contributed by atoms with Crippen LogP contribution in [-0.2, 0) is 25.8 Å². The standard InChI is InChI=1S/C15H19Si.C5H5.2ClH.Hf/c1-2-10-16(11-5-12-16)15-9-8-13-6-3-4-7-14(13)15;1-2-4-5-3-1;;;/h3-4,6-9H,2,5,10-12H2,1H3;1-3H,4H2;2*1H;/q2*-1;;;+4/p-2. The van der Waals surface area contributed by atoms with Gasteiger partial charge in [0.2, 0.25) is 0 Å². The van der Waals surface area contributed by atoms with Gasteiger partial charge in [0.15, 0.2) is 0 Å². The van der Waals surface area contributed by atoms with Crippen LogP contribution in [0.25, 0.3) is 10.8 Å². The zero-order valence-electron chi connectivity index (χ0n) is 14.2. The summed E-state index contributed by atoms with van der Waals surface area (Å²) in [6.45, 7) is 2.35. The van der Waals surface area contributed by atoms with Crippen molar-refractivity contribution in [1.29, 1.82) is 0 Å². The van der Waals surface area contributed by atoms with Gasteiger partial charge in [0.25, 0.3) is 0 Å². The normalized spacial score (nSPS) is 16.0. The molecule has 126 valence electrons. The van der Waals surface area contributed by atoms with E-state index in [1.54, 1.807) is 10.6 Å². The Morgan fingerprint density at radius 3 is 2.38 bits per heavy atom. The molecule has 1 aliphatic heterocycles. The summed E-state index contributed by atoms with van der Waals surface area (Å²) in [6, 6.07) is 18.3. The summed E-state index contributed by atoms with van der Waals surface area (Å²) < 4.78 is 0. The van der Waals surface area contributed by atoms with Crippen LogP contribution >= 0.6 is 0 Å². The molecule has 0 amide bonds. The molecular weight excluding hydrogens is 518 g/mol. The maximum absolute atomic E-state index is 2.99. The Labute approximate surface area is 178 Å². The number of hydrogen-bond donors (Lipinski definition) is 0. The number of halogens is 2. The van der Waals surface area contributed by atoms with Gasteiger partial charge in [-0.25, -0.2) is 12.2 Å². The second-order valence-electron chi connectivity index (χ2n) is 6.22. The third-order valence-electron chi connectivity index (χ3n) is 4.88. The van der Waals surface area contributed by atoms with Crippen LogP contribution in [0, 0.1) is 6.08 Å². The first-order chi connectivity index (χ1) is 10.4. The van der Waals surface area contributed by atoms with E-state index in [4.69, 9.17) is 0 Å². The number of hydrogen-bond acceptors (Lipinski definition) is 0. The molecule has 4 rings (SSSR count). The van der Waals surface area contributed by atoms with Gasteiger partial charge < -0.3 is 24.8 Å². The number of allylic oxidation sites excluding steroid dienone is 4. The molecule has 0 unspecified atom stereocenters. The zero-order chi connectivity index (χ0) is 14.5. The van der Waals surface area contributed by atoms with E-state index in [2.05, 4.69) is 55.5 Å². The van der Waals surface area contributed by atoms with Crippen molar-refractivity contribution < 1.29 is 50.7 Å². The van der Waals surface area contributed by atoms with Crippen LogP contribution in [0.1, 0.15) is 26.2 Å². The van der Waals surface area contributed by atoms with Gasteiger partial charge in [-0.15, -0.1) is 40.6 Å². The van der Waals surface area contributed by atoms with Crippen LogP contribution in [0.5, 0.6) is 0 Å². The Kier molecular flexibility index (Phi) is 11.6. The van der Waals surface area contributed by atoms with Gasteiger partial charge in [-0.3, -0.25) is 6.08 Å². The Balaban J connectivity index is 0.000000578. The maximum atomic E-state index is 2.99. The molecule has 0 nitrogen and oxygen atoms in total. The van der Waals surface area contributed by atoms with Crippen molar-refractivity contribution in [3.05, 3.63) is 60.7 Å². The fraction of sp³-hybridized carbons (Fsp3) is 0.350. The SMILES string of the molecule is CCC[Si]1([c-]2ccc3ccccc32)CCC1.[C-]1=CC=CC1.[Cl-].[Cl-].[Hf+4]. The van der Waals surface area contributed by atoms with Crippen molar-refractivity contribution in [2.24, 2.45) is 0 Å². The average molecular weight is 542 g/mol. The van der Waals surface area contributed by atoms with E-state index in [9.17, 15) is 0 Å². The van der Waals surface area contributed by atoms with Crippen LogP contribution in [0.3, 0.4) is 0 Å². The van der Waals surface area contributed by atoms with E-state index in [0.29, 0.717) is 0 Å². The van der Waals surface area contributed by atoms with E-state index >= 15 is 0 Å². The van der Waals surface area contributed by atoms with Crippen LogP contribution in [0.2, 0.25) is 18.1 Å². The Bertz CT molecular complexity index is 646. The summed E-state index contributed by atoms with van der Waals surface area (Å²) in [5.41, 5.74) is 0.